The molecule has 0 saturated carbocycles. The quantitative estimate of drug-likeness (QED) is 0.404. The van der Waals surface area contributed by atoms with Crippen LogP contribution in [0.5, 0.6) is 0 Å². The predicted molar refractivity (Wildman–Crippen MR) is 101 cm³/mol. The number of nitro benzene ring substituents is 1. The fourth-order valence-corrected chi connectivity index (χ4v) is 3.55. The zero-order valence-electron chi connectivity index (χ0n) is 16.0. The fourth-order valence-electron chi connectivity index (χ4n) is 3.55. The van der Waals surface area contributed by atoms with Gasteiger partial charge in [0.1, 0.15) is 13.0 Å². The minimum Gasteiger partial charge on any atom is -0.355 e. The number of piperidine rings is 1. The number of imide groups is 1. The van der Waals surface area contributed by atoms with Crippen LogP contribution in [0.2, 0.25) is 0 Å². The number of nitrogens with one attached hydrogen (secondary N) is 1. The first-order chi connectivity index (χ1) is 14.3. The van der Waals surface area contributed by atoms with Crippen LogP contribution in [-0.4, -0.2) is 64.5 Å². The van der Waals surface area contributed by atoms with E-state index >= 15 is 0 Å². The SMILES string of the molecule is N#CCC(=O)NCC1CCN(C(=O)CN2C(=O)c3ccc([N+](=O)[O-])cc3C2=O)CC1. The Balaban J connectivity index is 1.55. The molecular formula is C19H19N5O6. The molecule has 2 aliphatic rings. The maximum atomic E-state index is 12.6. The largest absolute Gasteiger partial charge is 0.355 e. The number of nitro groups is 1. The van der Waals surface area contributed by atoms with Crippen molar-refractivity contribution in [2.24, 2.45) is 5.92 Å². The van der Waals surface area contributed by atoms with E-state index in [1.807, 2.05) is 0 Å². The Hall–Kier alpha value is -3.81. The van der Waals surface area contributed by atoms with Crippen LogP contribution in [0.4, 0.5) is 5.69 Å². The molecule has 1 N–H and O–H groups in total. The van der Waals surface area contributed by atoms with Crippen molar-refractivity contribution >= 4 is 29.3 Å². The van der Waals surface area contributed by atoms with Crippen molar-refractivity contribution in [3.8, 4) is 6.07 Å². The van der Waals surface area contributed by atoms with Gasteiger partial charge in [0.25, 0.3) is 17.5 Å². The second-order valence-corrected chi connectivity index (χ2v) is 7.15. The standard InChI is InChI=1S/C19H19N5O6/c20-6-3-16(25)21-10-12-4-7-22(8-5-12)17(26)11-23-18(27)14-2-1-13(24(29)30)9-15(14)19(23)28/h1-2,9,12H,3-5,7-8,10-11H2,(H,21,25). The number of hydrogen-bond donors (Lipinski definition) is 1. The number of benzene rings is 1. The van der Waals surface area contributed by atoms with Crippen LogP contribution in [0.3, 0.4) is 0 Å². The number of nitrogens with zero attached hydrogens (tertiary/aromatic N) is 4. The van der Waals surface area contributed by atoms with Crippen LogP contribution in [0.25, 0.3) is 0 Å². The van der Waals surface area contributed by atoms with Crippen molar-refractivity contribution in [1.82, 2.24) is 15.1 Å². The summed E-state index contributed by atoms with van der Waals surface area (Å²) in [6.07, 6.45) is 1.10. The Morgan fingerprint density at radius 2 is 1.87 bits per heavy atom. The molecule has 0 aromatic heterocycles. The lowest BCUT2D eigenvalue weighted by atomic mass is 9.96. The van der Waals surface area contributed by atoms with Crippen LogP contribution >= 0.6 is 0 Å². The third-order valence-electron chi connectivity index (χ3n) is 5.25. The molecule has 1 aromatic rings. The molecule has 0 spiro atoms. The number of carbonyl (C=O) groups excluding carboxylic acids is 4. The van der Waals surface area contributed by atoms with Crippen molar-refractivity contribution in [2.75, 3.05) is 26.2 Å². The average molecular weight is 413 g/mol. The average Bonchev–Trinajstić information content (AvgIpc) is 2.97. The molecule has 0 bridgehead atoms. The van der Waals surface area contributed by atoms with Gasteiger partial charge in [-0.05, 0) is 24.8 Å². The number of carbonyl (C=O) groups is 4. The molecule has 11 nitrogen and oxygen atoms in total. The highest BCUT2D eigenvalue weighted by Gasteiger charge is 2.38. The molecule has 2 aliphatic heterocycles. The van der Waals surface area contributed by atoms with E-state index in [2.05, 4.69) is 5.32 Å². The van der Waals surface area contributed by atoms with Gasteiger partial charge in [-0.25, -0.2) is 0 Å². The molecule has 0 atom stereocenters. The highest BCUT2D eigenvalue weighted by Crippen LogP contribution is 2.27. The van der Waals surface area contributed by atoms with E-state index in [-0.39, 0.29) is 41.0 Å². The Kier molecular flexibility index (Phi) is 6.06. The predicted octanol–water partition coefficient (Wildman–Crippen LogP) is 0.459. The summed E-state index contributed by atoms with van der Waals surface area (Å²) in [5, 5.41) is 22.1. The van der Waals surface area contributed by atoms with Crippen LogP contribution in [-0.2, 0) is 9.59 Å². The van der Waals surface area contributed by atoms with Gasteiger partial charge in [-0.2, -0.15) is 5.26 Å². The van der Waals surface area contributed by atoms with E-state index in [1.54, 1.807) is 11.0 Å². The van der Waals surface area contributed by atoms with Gasteiger partial charge in [0.05, 0.1) is 22.1 Å². The Morgan fingerprint density at radius 1 is 1.20 bits per heavy atom. The van der Waals surface area contributed by atoms with Gasteiger partial charge in [0.15, 0.2) is 0 Å². The van der Waals surface area contributed by atoms with Crippen LogP contribution in [0.15, 0.2) is 18.2 Å². The van der Waals surface area contributed by atoms with E-state index in [4.69, 9.17) is 5.26 Å². The van der Waals surface area contributed by atoms with E-state index in [1.165, 1.54) is 6.07 Å². The summed E-state index contributed by atoms with van der Waals surface area (Å²) in [5.41, 5.74) is -0.328. The molecule has 1 aromatic carbocycles. The fraction of sp³-hybridized carbons (Fsp3) is 0.421. The summed E-state index contributed by atoms with van der Waals surface area (Å²) >= 11 is 0. The highest BCUT2D eigenvalue weighted by atomic mass is 16.6. The van der Waals surface area contributed by atoms with Crippen molar-refractivity contribution in [3.63, 3.8) is 0 Å². The number of fused-ring (bicyclic) bond motifs is 1. The first kappa shape index (κ1) is 20.9. The van der Waals surface area contributed by atoms with E-state index < -0.39 is 23.3 Å². The molecule has 2 heterocycles. The van der Waals surface area contributed by atoms with E-state index in [9.17, 15) is 29.3 Å². The minimum absolute atomic E-state index is 0.0465. The summed E-state index contributed by atoms with van der Waals surface area (Å²) in [6, 6.07) is 5.20. The van der Waals surface area contributed by atoms with Crippen molar-refractivity contribution in [2.45, 2.75) is 19.3 Å². The summed E-state index contributed by atoms with van der Waals surface area (Å²) in [6.45, 7) is 0.849. The van der Waals surface area contributed by atoms with Crippen LogP contribution in [0, 0.1) is 27.4 Å². The Morgan fingerprint density at radius 3 is 2.50 bits per heavy atom. The number of nitriles is 1. The zero-order valence-corrected chi connectivity index (χ0v) is 16.0. The van der Waals surface area contributed by atoms with Gasteiger partial charge in [-0.3, -0.25) is 34.2 Å². The number of non-ortho nitro benzene ring substituents is 1. The van der Waals surface area contributed by atoms with Crippen molar-refractivity contribution in [3.05, 3.63) is 39.4 Å². The number of rotatable bonds is 6. The molecule has 4 amide bonds. The normalized spacial score (nSPS) is 16.2. The number of hydrogen-bond acceptors (Lipinski definition) is 7. The molecule has 1 saturated heterocycles. The van der Waals surface area contributed by atoms with E-state index in [0.717, 1.165) is 17.0 Å². The Labute approximate surface area is 171 Å². The molecule has 30 heavy (non-hydrogen) atoms. The molecule has 0 aliphatic carbocycles. The van der Waals surface area contributed by atoms with Crippen molar-refractivity contribution in [1.29, 1.82) is 5.26 Å². The third-order valence-corrected chi connectivity index (χ3v) is 5.25. The van der Waals surface area contributed by atoms with Gasteiger partial charge in [0.2, 0.25) is 11.8 Å². The van der Waals surface area contributed by atoms with E-state index in [0.29, 0.717) is 32.5 Å². The maximum Gasteiger partial charge on any atom is 0.270 e. The molecular weight excluding hydrogens is 394 g/mol. The summed E-state index contributed by atoms with van der Waals surface area (Å²) in [4.78, 5) is 61.5. The molecule has 3 rings (SSSR count). The molecule has 11 heteroatoms. The third kappa shape index (κ3) is 4.27. The number of likely N-dealkylation sites (tertiary alicyclic amines) is 1. The molecule has 0 unspecified atom stereocenters. The molecule has 0 radical (unpaired) electrons. The van der Waals surface area contributed by atoms with Gasteiger partial charge in [0, 0.05) is 31.8 Å². The smallest absolute Gasteiger partial charge is 0.270 e. The summed E-state index contributed by atoms with van der Waals surface area (Å²) in [7, 11) is 0. The van der Waals surface area contributed by atoms with Crippen LogP contribution < -0.4 is 5.32 Å². The molecule has 1 fully saturated rings. The summed E-state index contributed by atoms with van der Waals surface area (Å²) < 4.78 is 0. The number of amides is 4. The lowest BCUT2D eigenvalue weighted by Gasteiger charge is -2.32. The van der Waals surface area contributed by atoms with Gasteiger partial charge in [-0.1, -0.05) is 0 Å². The van der Waals surface area contributed by atoms with Crippen LogP contribution in [0.1, 0.15) is 40.0 Å². The van der Waals surface area contributed by atoms with Gasteiger partial charge >= 0.3 is 0 Å². The minimum atomic E-state index is -0.720. The maximum absolute atomic E-state index is 12.6. The first-order valence-corrected chi connectivity index (χ1v) is 9.38. The summed E-state index contributed by atoms with van der Waals surface area (Å²) in [5.74, 6) is -1.90. The second-order valence-electron chi connectivity index (χ2n) is 7.15. The zero-order chi connectivity index (χ0) is 21.8. The Bertz CT molecular complexity index is 961. The lowest BCUT2D eigenvalue weighted by molar-refractivity contribution is -0.384. The lowest BCUT2D eigenvalue weighted by Crippen LogP contribution is -2.46. The highest BCUT2D eigenvalue weighted by molar-refractivity contribution is 6.22. The monoisotopic (exact) mass is 413 g/mol. The van der Waals surface area contributed by atoms with Crippen molar-refractivity contribution < 1.29 is 24.1 Å². The van der Waals surface area contributed by atoms with Gasteiger partial charge in [-0.15, -0.1) is 0 Å². The second kappa shape index (κ2) is 8.69. The molecule has 156 valence electrons. The first-order valence-electron chi connectivity index (χ1n) is 9.38. The van der Waals surface area contributed by atoms with Gasteiger partial charge < -0.3 is 10.2 Å². The topological polar surface area (TPSA) is 154 Å².